The molecule has 1 aromatic carbocycles. The third kappa shape index (κ3) is 4.00. The number of nitrogen functional groups attached to an aromatic ring is 2. The van der Waals surface area contributed by atoms with E-state index in [4.69, 9.17) is 23.1 Å². The third-order valence-electron chi connectivity index (χ3n) is 3.11. The van der Waals surface area contributed by atoms with E-state index in [-0.39, 0.29) is 0 Å². The van der Waals surface area contributed by atoms with Crippen molar-refractivity contribution in [2.75, 3.05) is 11.5 Å². The quantitative estimate of drug-likeness (QED) is 0.734. The van der Waals surface area contributed by atoms with Crippen molar-refractivity contribution in [3.05, 3.63) is 34.9 Å². The van der Waals surface area contributed by atoms with Crippen LogP contribution in [0.15, 0.2) is 34.3 Å². The van der Waals surface area contributed by atoms with Crippen molar-refractivity contribution in [1.82, 2.24) is 15.3 Å². The minimum atomic E-state index is 0.353. The summed E-state index contributed by atoms with van der Waals surface area (Å²) >= 11 is 7.68. The Morgan fingerprint density at radius 2 is 1.90 bits per heavy atom. The highest BCUT2D eigenvalue weighted by molar-refractivity contribution is 7.99. The van der Waals surface area contributed by atoms with Crippen molar-refractivity contribution < 1.29 is 0 Å². The number of aromatic nitrogens is 2. The van der Waals surface area contributed by atoms with E-state index in [1.54, 1.807) is 0 Å². The molecule has 0 bridgehead atoms. The molecule has 0 amide bonds. The van der Waals surface area contributed by atoms with E-state index in [1.807, 2.05) is 12.1 Å². The van der Waals surface area contributed by atoms with Gasteiger partial charge in [-0.3, -0.25) is 0 Å². The summed E-state index contributed by atoms with van der Waals surface area (Å²) in [5.41, 5.74) is 12.5. The van der Waals surface area contributed by atoms with Gasteiger partial charge in [0.1, 0.15) is 11.6 Å². The number of nitrogens with one attached hydrogen (secondary N) is 1. The van der Waals surface area contributed by atoms with Crippen LogP contribution in [-0.2, 0) is 6.54 Å². The van der Waals surface area contributed by atoms with E-state index in [2.05, 4.69) is 21.4 Å². The molecule has 1 aromatic heterocycles. The molecule has 1 saturated carbocycles. The molecule has 0 spiro atoms. The van der Waals surface area contributed by atoms with Gasteiger partial charge in [0.25, 0.3) is 0 Å². The molecule has 1 heterocycles. The maximum absolute atomic E-state index is 6.32. The molecule has 0 atom stereocenters. The summed E-state index contributed by atoms with van der Waals surface area (Å²) in [5.74, 6) is 0.706. The predicted molar refractivity (Wildman–Crippen MR) is 86.3 cm³/mol. The second kappa shape index (κ2) is 6.09. The zero-order chi connectivity index (χ0) is 14.8. The molecular weight excluding hydrogens is 306 g/mol. The number of hydrogen-bond acceptors (Lipinski definition) is 6. The van der Waals surface area contributed by atoms with Crippen molar-refractivity contribution in [3.8, 4) is 0 Å². The molecule has 7 heteroatoms. The first kappa shape index (κ1) is 14.4. The number of hydrogen-bond donors (Lipinski definition) is 3. The Bertz CT molecular complexity index is 640. The standard InChI is InChI=1S/C14H16ClN5S/c15-10-5-8(7-18-9-2-3-9)1-4-11(10)21-14-19-12(16)6-13(17)20-14/h1,4-6,9,18H,2-3,7H2,(H4,16,17,19,20). The molecule has 110 valence electrons. The fourth-order valence-corrected chi connectivity index (χ4v) is 3.00. The lowest BCUT2D eigenvalue weighted by atomic mass is 10.2. The fourth-order valence-electron chi connectivity index (χ4n) is 1.89. The first-order valence-corrected chi connectivity index (χ1v) is 7.89. The minimum absolute atomic E-state index is 0.353. The Labute approximate surface area is 132 Å². The summed E-state index contributed by atoms with van der Waals surface area (Å²) in [6, 6.07) is 8.20. The molecule has 1 fully saturated rings. The molecular formula is C14H16ClN5S. The molecule has 5 nitrogen and oxygen atoms in total. The maximum Gasteiger partial charge on any atom is 0.196 e. The summed E-state index contributed by atoms with van der Waals surface area (Å²) in [6.07, 6.45) is 2.55. The monoisotopic (exact) mass is 321 g/mol. The molecule has 0 unspecified atom stereocenters. The highest BCUT2D eigenvalue weighted by Crippen LogP contribution is 2.32. The first-order valence-electron chi connectivity index (χ1n) is 6.70. The summed E-state index contributed by atoms with van der Waals surface area (Å²) in [5, 5.41) is 4.64. The van der Waals surface area contributed by atoms with Crippen LogP contribution in [-0.4, -0.2) is 16.0 Å². The zero-order valence-electron chi connectivity index (χ0n) is 11.3. The highest BCUT2D eigenvalue weighted by atomic mass is 35.5. The van der Waals surface area contributed by atoms with Gasteiger partial charge in [-0.1, -0.05) is 17.7 Å². The van der Waals surface area contributed by atoms with Gasteiger partial charge in [-0.15, -0.1) is 0 Å². The van der Waals surface area contributed by atoms with Gasteiger partial charge in [-0.05, 0) is 42.3 Å². The summed E-state index contributed by atoms with van der Waals surface area (Å²) < 4.78 is 0. The van der Waals surface area contributed by atoms with Crippen molar-refractivity contribution in [3.63, 3.8) is 0 Å². The van der Waals surface area contributed by atoms with Crippen LogP contribution in [0.2, 0.25) is 5.02 Å². The van der Waals surface area contributed by atoms with Crippen LogP contribution in [0.1, 0.15) is 18.4 Å². The van der Waals surface area contributed by atoms with Gasteiger partial charge in [0, 0.05) is 23.5 Å². The Hall–Kier alpha value is -1.50. The normalized spacial score (nSPS) is 14.3. The molecule has 2 aromatic rings. The lowest BCUT2D eigenvalue weighted by molar-refractivity contribution is 0.687. The van der Waals surface area contributed by atoms with Crippen LogP contribution >= 0.6 is 23.4 Å². The van der Waals surface area contributed by atoms with Crippen molar-refractivity contribution >= 4 is 35.0 Å². The summed E-state index contributed by atoms with van der Waals surface area (Å²) in [7, 11) is 0. The smallest absolute Gasteiger partial charge is 0.196 e. The van der Waals surface area contributed by atoms with Crippen LogP contribution in [0.25, 0.3) is 0 Å². The number of benzene rings is 1. The van der Waals surface area contributed by atoms with Crippen molar-refractivity contribution in [2.45, 2.75) is 35.5 Å². The Morgan fingerprint density at radius 1 is 1.19 bits per heavy atom. The third-order valence-corrected chi connectivity index (χ3v) is 4.48. The van der Waals surface area contributed by atoms with E-state index >= 15 is 0 Å². The van der Waals surface area contributed by atoms with E-state index in [0.29, 0.717) is 27.9 Å². The molecule has 1 aliphatic carbocycles. The number of rotatable bonds is 5. The Balaban J connectivity index is 1.72. The molecule has 0 aliphatic heterocycles. The van der Waals surface area contributed by atoms with E-state index in [1.165, 1.54) is 36.2 Å². The van der Waals surface area contributed by atoms with Gasteiger partial charge < -0.3 is 16.8 Å². The number of halogens is 1. The molecule has 1 aliphatic rings. The van der Waals surface area contributed by atoms with Gasteiger partial charge >= 0.3 is 0 Å². The van der Waals surface area contributed by atoms with Crippen LogP contribution < -0.4 is 16.8 Å². The van der Waals surface area contributed by atoms with Crippen LogP contribution in [0.3, 0.4) is 0 Å². The number of nitrogens with zero attached hydrogens (tertiary/aromatic N) is 2. The Morgan fingerprint density at radius 3 is 2.52 bits per heavy atom. The number of nitrogens with two attached hydrogens (primary N) is 2. The van der Waals surface area contributed by atoms with Gasteiger partial charge in [-0.25, -0.2) is 9.97 Å². The minimum Gasteiger partial charge on any atom is -0.383 e. The van der Waals surface area contributed by atoms with Crippen molar-refractivity contribution in [2.24, 2.45) is 0 Å². The topological polar surface area (TPSA) is 89.9 Å². The van der Waals surface area contributed by atoms with E-state index < -0.39 is 0 Å². The molecule has 21 heavy (non-hydrogen) atoms. The molecule has 5 N–H and O–H groups in total. The van der Waals surface area contributed by atoms with Gasteiger partial charge in [0.15, 0.2) is 5.16 Å². The SMILES string of the molecule is Nc1cc(N)nc(Sc2ccc(CNC3CC3)cc2Cl)n1. The van der Waals surface area contributed by atoms with Crippen LogP contribution in [0.4, 0.5) is 11.6 Å². The molecule has 3 rings (SSSR count). The average Bonchev–Trinajstić information content (AvgIpc) is 3.22. The predicted octanol–water partition coefficient (Wildman–Crippen LogP) is 2.70. The average molecular weight is 322 g/mol. The van der Waals surface area contributed by atoms with Gasteiger partial charge in [-0.2, -0.15) is 0 Å². The number of anilines is 2. The van der Waals surface area contributed by atoms with Crippen LogP contribution in [0.5, 0.6) is 0 Å². The largest absolute Gasteiger partial charge is 0.383 e. The zero-order valence-corrected chi connectivity index (χ0v) is 12.9. The van der Waals surface area contributed by atoms with E-state index in [9.17, 15) is 0 Å². The summed E-state index contributed by atoms with van der Waals surface area (Å²) in [6.45, 7) is 0.844. The lowest BCUT2D eigenvalue weighted by Gasteiger charge is -2.08. The highest BCUT2D eigenvalue weighted by Gasteiger charge is 2.20. The van der Waals surface area contributed by atoms with Crippen molar-refractivity contribution in [1.29, 1.82) is 0 Å². The second-order valence-electron chi connectivity index (χ2n) is 5.02. The molecule has 0 saturated heterocycles. The lowest BCUT2D eigenvalue weighted by Crippen LogP contribution is -2.15. The fraction of sp³-hybridized carbons (Fsp3) is 0.286. The van der Waals surface area contributed by atoms with E-state index in [0.717, 1.165) is 11.4 Å². The Kier molecular flexibility index (Phi) is 4.19. The van der Waals surface area contributed by atoms with Crippen LogP contribution in [0, 0.1) is 0 Å². The second-order valence-corrected chi connectivity index (χ2v) is 6.44. The van der Waals surface area contributed by atoms with Gasteiger partial charge in [0.05, 0.1) is 5.02 Å². The maximum atomic E-state index is 6.32. The summed E-state index contributed by atoms with van der Waals surface area (Å²) in [4.78, 5) is 9.16. The molecule has 0 radical (unpaired) electrons. The van der Waals surface area contributed by atoms with Gasteiger partial charge in [0.2, 0.25) is 0 Å². The first-order chi connectivity index (χ1) is 10.1.